The van der Waals surface area contributed by atoms with Gasteiger partial charge in [-0.1, -0.05) is 17.3 Å². The Labute approximate surface area is 113 Å². The van der Waals surface area contributed by atoms with Gasteiger partial charge in [-0.05, 0) is 31.0 Å². The maximum atomic E-state index is 13.2. The molecule has 1 aromatic carbocycles. The highest BCUT2D eigenvalue weighted by Gasteiger charge is 2.29. The van der Waals surface area contributed by atoms with Gasteiger partial charge in [0, 0.05) is 5.92 Å². The molecule has 0 radical (unpaired) electrons. The van der Waals surface area contributed by atoms with Crippen LogP contribution in [0.4, 0.5) is 4.39 Å². The van der Waals surface area contributed by atoms with Gasteiger partial charge in [0.2, 0.25) is 0 Å². The Morgan fingerprint density at radius 1 is 1.58 bits per heavy atom. The van der Waals surface area contributed by atoms with E-state index in [9.17, 15) is 9.18 Å². The molecule has 2 aromatic rings. The lowest BCUT2D eigenvalue weighted by Gasteiger charge is -1.99. The highest BCUT2D eigenvalue weighted by Crippen LogP contribution is 2.30. The quantitative estimate of drug-likeness (QED) is 0.774. The van der Waals surface area contributed by atoms with Gasteiger partial charge < -0.3 is 4.57 Å². The third-order valence-electron chi connectivity index (χ3n) is 3.03. The molecule has 0 aliphatic heterocycles. The van der Waals surface area contributed by atoms with Crippen LogP contribution in [-0.2, 0) is 11.3 Å². The van der Waals surface area contributed by atoms with Crippen LogP contribution < -0.4 is 4.80 Å². The van der Waals surface area contributed by atoms with Crippen molar-refractivity contribution in [1.82, 2.24) is 4.57 Å². The molecule has 96 valence electrons. The average Bonchev–Trinajstić information content (AvgIpc) is 3.16. The number of terminal acetylenes is 1. The summed E-state index contributed by atoms with van der Waals surface area (Å²) in [5, 5.41) is 0. The average molecular weight is 274 g/mol. The highest BCUT2D eigenvalue weighted by molar-refractivity contribution is 7.16. The lowest BCUT2D eigenvalue weighted by Crippen LogP contribution is -2.16. The van der Waals surface area contributed by atoms with E-state index in [-0.39, 0.29) is 17.6 Å². The van der Waals surface area contributed by atoms with E-state index < -0.39 is 0 Å². The molecule has 3 rings (SSSR count). The zero-order valence-electron chi connectivity index (χ0n) is 10.1. The van der Waals surface area contributed by atoms with E-state index in [0.29, 0.717) is 11.3 Å². The third-order valence-corrected chi connectivity index (χ3v) is 4.07. The van der Waals surface area contributed by atoms with Crippen LogP contribution in [0.1, 0.15) is 12.8 Å². The Bertz CT molecular complexity index is 762. The minimum absolute atomic E-state index is 0.0706. The predicted octanol–water partition coefficient (Wildman–Crippen LogP) is 2.31. The molecule has 1 aliphatic carbocycles. The second-order valence-electron chi connectivity index (χ2n) is 4.51. The minimum Gasteiger partial charge on any atom is -0.305 e. The number of hydrogen-bond acceptors (Lipinski definition) is 2. The van der Waals surface area contributed by atoms with Crippen molar-refractivity contribution in [3.05, 3.63) is 28.8 Å². The molecular formula is C14H11FN2OS. The first-order valence-electron chi connectivity index (χ1n) is 6.00. The Morgan fingerprint density at radius 2 is 2.37 bits per heavy atom. The molecule has 1 fully saturated rings. The standard InChI is InChI=1S/C14H11FN2OS/c1-2-7-17-11-6-5-10(15)8-12(11)19-14(17)16-13(18)9-3-4-9/h1,5-6,8-9H,3-4,7H2. The Hall–Kier alpha value is -1.93. The van der Waals surface area contributed by atoms with Gasteiger partial charge in [0.05, 0.1) is 16.8 Å². The number of amides is 1. The van der Waals surface area contributed by atoms with E-state index in [0.717, 1.165) is 23.1 Å². The summed E-state index contributed by atoms with van der Waals surface area (Å²) in [4.78, 5) is 16.5. The largest absolute Gasteiger partial charge is 0.305 e. The van der Waals surface area contributed by atoms with Gasteiger partial charge in [-0.25, -0.2) is 4.39 Å². The molecule has 0 atom stereocenters. The zero-order valence-corrected chi connectivity index (χ0v) is 10.9. The molecule has 0 bridgehead atoms. The summed E-state index contributed by atoms with van der Waals surface area (Å²) >= 11 is 1.29. The first-order valence-corrected chi connectivity index (χ1v) is 6.81. The normalized spacial score (nSPS) is 15.7. The molecule has 19 heavy (non-hydrogen) atoms. The van der Waals surface area contributed by atoms with E-state index >= 15 is 0 Å². The second-order valence-corrected chi connectivity index (χ2v) is 5.52. The maximum absolute atomic E-state index is 13.2. The Kier molecular flexibility index (Phi) is 2.96. The zero-order chi connectivity index (χ0) is 13.4. The lowest BCUT2D eigenvalue weighted by molar-refractivity contribution is -0.119. The molecule has 0 unspecified atom stereocenters. The number of aromatic nitrogens is 1. The van der Waals surface area contributed by atoms with E-state index in [1.54, 1.807) is 10.6 Å². The number of halogens is 1. The van der Waals surface area contributed by atoms with Gasteiger partial charge in [-0.15, -0.1) is 6.42 Å². The van der Waals surface area contributed by atoms with Crippen molar-refractivity contribution < 1.29 is 9.18 Å². The van der Waals surface area contributed by atoms with Crippen molar-refractivity contribution in [2.75, 3.05) is 0 Å². The molecule has 1 aliphatic rings. The number of carbonyl (C=O) groups excluding carboxylic acids is 1. The summed E-state index contributed by atoms with van der Waals surface area (Å²) in [6.45, 7) is 0.322. The molecule has 0 N–H and O–H groups in total. The molecule has 1 saturated carbocycles. The molecule has 0 saturated heterocycles. The van der Waals surface area contributed by atoms with Crippen molar-refractivity contribution in [2.45, 2.75) is 19.4 Å². The SMILES string of the molecule is C#CCn1c(=NC(=O)C2CC2)sc2cc(F)ccc21. The minimum atomic E-state index is -0.304. The number of rotatable bonds is 2. The van der Waals surface area contributed by atoms with Crippen molar-refractivity contribution in [3.8, 4) is 12.3 Å². The number of thiazole rings is 1. The summed E-state index contributed by atoms with van der Waals surface area (Å²) < 4.78 is 15.7. The van der Waals surface area contributed by atoms with Crippen LogP contribution in [0.25, 0.3) is 10.2 Å². The van der Waals surface area contributed by atoms with Gasteiger partial charge in [0.15, 0.2) is 4.80 Å². The molecule has 0 spiro atoms. The monoisotopic (exact) mass is 274 g/mol. The summed E-state index contributed by atoms with van der Waals surface area (Å²) in [6, 6.07) is 4.49. The first-order chi connectivity index (χ1) is 9.19. The Balaban J connectivity index is 2.19. The second kappa shape index (κ2) is 4.63. The van der Waals surface area contributed by atoms with Crippen LogP contribution in [0.2, 0.25) is 0 Å². The molecule has 1 aromatic heterocycles. The van der Waals surface area contributed by atoms with Crippen LogP contribution in [-0.4, -0.2) is 10.5 Å². The topological polar surface area (TPSA) is 34.4 Å². The molecule has 1 heterocycles. The fourth-order valence-corrected chi connectivity index (χ4v) is 2.95. The molecule has 5 heteroatoms. The van der Waals surface area contributed by atoms with E-state index in [1.165, 1.54) is 23.5 Å². The molecular weight excluding hydrogens is 263 g/mol. The Morgan fingerprint density at radius 3 is 3.05 bits per heavy atom. The van der Waals surface area contributed by atoms with Crippen LogP contribution in [0, 0.1) is 24.1 Å². The van der Waals surface area contributed by atoms with E-state index in [4.69, 9.17) is 6.42 Å². The maximum Gasteiger partial charge on any atom is 0.251 e. The van der Waals surface area contributed by atoms with Gasteiger partial charge in [0.25, 0.3) is 5.91 Å². The number of benzene rings is 1. The van der Waals surface area contributed by atoms with Crippen molar-refractivity contribution in [1.29, 1.82) is 0 Å². The van der Waals surface area contributed by atoms with Crippen molar-refractivity contribution in [2.24, 2.45) is 10.9 Å². The van der Waals surface area contributed by atoms with Gasteiger partial charge in [-0.3, -0.25) is 4.79 Å². The summed E-state index contributed by atoms with van der Waals surface area (Å²) in [7, 11) is 0. The predicted molar refractivity (Wildman–Crippen MR) is 71.9 cm³/mol. The smallest absolute Gasteiger partial charge is 0.251 e. The number of carbonyl (C=O) groups is 1. The van der Waals surface area contributed by atoms with Crippen molar-refractivity contribution >= 4 is 27.5 Å². The van der Waals surface area contributed by atoms with Gasteiger partial charge in [0.1, 0.15) is 5.82 Å². The van der Waals surface area contributed by atoms with Crippen LogP contribution in [0.3, 0.4) is 0 Å². The molecule has 1 amide bonds. The lowest BCUT2D eigenvalue weighted by atomic mass is 10.3. The van der Waals surface area contributed by atoms with Crippen molar-refractivity contribution in [3.63, 3.8) is 0 Å². The van der Waals surface area contributed by atoms with Gasteiger partial charge in [-0.2, -0.15) is 4.99 Å². The number of hydrogen-bond donors (Lipinski definition) is 0. The van der Waals surface area contributed by atoms with Crippen LogP contribution in [0.5, 0.6) is 0 Å². The summed E-state index contributed by atoms with van der Waals surface area (Å²) in [5.74, 6) is 2.21. The van der Waals surface area contributed by atoms with E-state index in [2.05, 4.69) is 10.9 Å². The van der Waals surface area contributed by atoms with Gasteiger partial charge >= 0.3 is 0 Å². The highest BCUT2D eigenvalue weighted by atomic mass is 32.1. The first kappa shape index (κ1) is 12.1. The molecule has 3 nitrogen and oxygen atoms in total. The number of nitrogens with zero attached hydrogens (tertiary/aromatic N) is 2. The van der Waals surface area contributed by atoms with Crippen LogP contribution in [0.15, 0.2) is 23.2 Å². The summed E-state index contributed by atoms with van der Waals surface area (Å²) in [5.41, 5.74) is 0.812. The van der Waals surface area contributed by atoms with E-state index in [1.807, 2.05) is 0 Å². The number of fused-ring (bicyclic) bond motifs is 1. The third kappa shape index (κ3) is 2.32. The fourth-order valence-electron chi connectivity index (χ4n) is 1.89. The summed E-state index contributed by atoms with van der Waals surface area (Å²) in [6.07, 6.45) is 7.17. The van der Waals surface area contributed by atoms with Crippen LogP contribution >= 0.6 is 11.3 Å². The fraction of sp³-hybridized carbons (Fsp3) is 0.286.